The maximum absolute atomic E-state index is 11.8. The maximum atomic E-state index is 11.8. The number of imidazole rings is 1. The Labute approximate surface area is 110 Å². The number of carboxylic acid groups (broad SMARTS) is 1. The first-order chi connectivity index (χ1) is 9.16. The highest BCUT2D eigenvalue weighted by Gasteiger charge is 2.21. The third kappa shape index (κ3) is 3.78. The van der Waals surface area contributed by atoms with Gasteiger partial charge in [0.25, 0.3) is 0 Å². The van der Waals surface area contributed by atoms with E-state index >= 15 is 0 Å². The minimum Gasteiger partial charge on any atom is -0.476 e. The van der Waals surface area contributed by atoms with Crippen molar-refractivity contribution in [2.45, 2.75) is 19.4 Å². The van der Waals surface area contributed by atoms with Gasteiger partial charge in [-0.05, 0) is 12.8 Å². The smallest absolute Gasteiger partial charge is 0.356 e. The number of carboxylic acids is 1. The van der Waals surface area contributed by atoms with E-state index in [0.717, 1.165) is 19.4 Å². The number of rotatable bonds is 5. The molecule has 7 nitrogen and oxygen atoms in total. The van der Waals surface area contributed by atoms with Crippen molar-refractivity contribution in [2.24, 2.45) is 5.92 Å². The van der Waals surface area contributed by atoms with E-state index in [1.807, 2.05) is 0 Å². The van der Waals surface area contributed by atoms with E-state index in [0.29, 0.717) is 19.7 Å². The van der Waals surface area contributed by atoms with E-state index in [1.165, 1.54) is 12.5 Å². The van der Waals surface area contributed by atoms with Crippen LogP contribution in [0, 0.1) is 5.92 Å². The lowest BCUT2D eigenvalue weighted by molar-refractivity contribution is -0.128. The van der Waals surface area contributed by atoms with Crippen LogP contribution < -0.4 is 5.32 Å². The third-order valence-electron chi connectivity index (χ3n) is 3.05. The number of ether oxygens (including phenoxy) is 1. The molecule has 2 rings (SSSR count). The van der Waals surface area contributed by atoms with E-state index in [4.69, 9.17) is 9.84 Å². The van der Waals surface area contributed by atoms with Crippen LogP contribution in [-0.4, -0.2) is 46.3 Å². The Kier molecular flexibility index (Phi) is 4.51. The van der Waals surface area contributed by atoms with Gasteiger partial charge in [0.15, 0.2) is 5.69 Å². The van der Waals surface area contributed by atoms with Crippen molar-refractivity contribution < 1.29 is 19.4 Å². The van der Waals surface area contributed by atoms with Crippen molar-refractivity contribution in [2.75, 3.05) is 19.8 Å². The lowest BCUT2D eigenvalue weighted by Gasteiger charge is -2.21. The highest BCUT2D eigenvalue weighted by Crippen LogP contribution is 2.13. The van der Waals surface area contributed by atoms with Crippen molar-refractivity contribution in [1.82, 2.24) is 14.9 Å². The Morgan fingerprint density at radius 1 is 1.58 bits per heavy atom. The van der Waals surface area contributed by atoms with Crippen LogP contribution in [0.15, 0.2) is 12.5 Å². The van der Waals surface area contributed by atoms with Gasteiger partial charge in [-0.1, -0.05) is 0 Å². The molecule has 19 heavy (non-hydrogen) atoms. The fraction of sp³-hybridized carbons (Fsp3) is 0.583. The number of hydrogen-bond acceptors (Lipinski definition) is 4. The minimum absolute atomic E-state index is 0.00160. The standard InChI is InChI=1S/C12H17N3O4/c16-11(9-2-1-5-19-7-9)13-3-4-15-6-10(12(17)18)14-8-15/h6,8-9H,1-5,7H2,(H,13,16)(H,17,18). The summed E-state index contributed by atoms with van der Waals surface area (Å²) in [5.41, 5.74) is 0.00649. The van der Waals surface area contributed by atoms with Crippen molar-refractivity contribution >= 4 is 11.9 Å². The predicted octanol–water partition coefficient (Wildman–Crippen LogP) is 0.124. The normalized spacial score (nSPS) is 19.1. The monoisotopic (exact) mass is 267 g/mol. The number of carbonyl (C=O) groups is 2. The summed E-state index contributed by atoms with van der Waals surface area (Å²) < 4.78 is 6.90. The Bertz CT molecular complexity index is 452. The molecule has 0 radical (unpaired) electrons. The zero-order chi connectivity index (χ0) is 13.7. The lowest BCUT2D eigenvalue weighted by Crippen LogP contribution is -2.37. The zero-order valence-electron chi connectivity index (χ0n) is 10.5. The Balaban J connectivity index is 1.73. The van der Waals surface area contributed by atoms with E-state index in [-0.39, 0.29) is 17.5 Å². The first-order valence-electron chi connectivity index (χ1n) is 6.27. The average molecular weight is 267 g/mol. The second-order valence-electron chi connectivity index (χ2n) is 4.51. The quantitative estimate of drug-likeness (QED) is 0.790. The summed E-state index contributed by atoms with van der Waals surface area (Å²) in [6, 6.07) is 0. The van der Waals surface area contributed by atoms with Crippen LogP contribution in [0.2, 0.25) is 0 Å². The highest BCUT2D eigenvalue weighted by atomic mass is 16.5. The third-order valence-corrected chi connectivity index (χ3v) is 3.05. The number of hydrogen-bond donors (Lipinski definition) is 2. The molecule has 7 heteroatoms. The molecule has 1 atom stereocenters. The van der Waals surface area contributed by atoms with Crippen LogP contribution in [0.5, 0.6) is 0 Å². The second-order valence-corrected chi connectivity index (χ2v) is 4.51. The number of aromatic carboxylic acids is 1. The summed E-state index contributed by atoms with van der Waals surface area (Å²) in [5.74, 6) is -1.12. The minimum atomic E-state index is -1.05. The van der Waals surface area contributed by atoms with Gasteiger partial charge in [-0.25, -0.2) is 9.78 Å². The van der Waals surface area contributed by atoms with E-state index < -0.39 is 5.97 Å². The molecule has 2 heterocycles. The summed E-state index contributed by atoms with van der Waals surface area (Å²) in [7, 11) is 0. The molecule has 1 unspecified atom stereocenters. The fourth-order valence-corrected chi connectivity index (χ4v) is 1.99. The molecule has 0 aliphatic carbocycles. The van der Waals surface area contributed by atoms with Crippen LogP contribution in [0.4, 0.5) is 0 Å². The van der Waals surface area contributed by atoms with Crippen molar-refractivity contribution in [3.8, 4) is 0 Å². The van der Waals surface area contributed by atoms with Gasteiger partial charge in [-0.3, -0.25) is 4.79 Å². The van der Waals surface area contributed by atoms with Crippen LogP contribution in [-0.2, 0) is 16.1 Å². The summed E-state index contributed by atoms with van der Waals surface area (Å²) in [5, 5.41) is 11.5. The summed E-state index contributed by atoms with van der Waals surface area (Å²) >= 11 is 0. The van der Waals surface area contributed by atoms with E-state index in [1.54, 1.807) is 4.57 Å². The van der Waals surface area contributed by atoms with Crippen LogP contribution >= 0.6 is 0 Å². The predicted molar refractivity (Wildman–Crippen MR) is 65.7 cm³/mol. The number of nitrogens with zero attached hydrogens (tertiary/aromatic N) is 2. The summed E-state index contributed by atoms with van der Waals surface area (Å²) in [6.07, 6.45) is 4.67. The molecule has 0 spiro atoms. The largest absolute Gasteiger partial charge is 0.476 e. The molecular formula is C12H17N3O4. The number of carbonyl (C=O) groups excluding carboxylic acids is 1. The number of amides is 1. The second kappa shape index (κ2) is 6.33. The van der Waals surface area contributed by atoms with Crippen LogP contribution in [0.1, 0.15) is 23.3 Å². The van der Waals surface area contributed by atoms with Crippen molar-refractivity contribution in [3.63, 3.8) is 0 Å². The zero-order valence-corrected chi connectivity index (χ0v) is 10.5. The van der Waals surface area contributed by atoms with Gasteiger partial charge in [-0.2, -0.15) is 0 Å². The summed E-state index contributed by atoms with van der Waals surface area (Å²) in [4.78, 5) is 26.2. The molecule has 2 N–H and O–H groups in total. The van der Waals surface area contributed by atoms with Crippen LogP contribution in [0.3, 0.4) is 0 Å². The van der Waals surface area contributed by atoms with Crippen molar-refractivity contribution in [1.29, 1.82) is 0 Å². The van der Waals surface area contributed by atoms with Gasteiger partial charge in [-0.15, -0.1) is 0 Å². The SMILES string of the molecule is O=C(O)c1cn(CCNC(=O)C2CCCOC2)cn1. The maximum Gasteiger partial charge on any atom is 0.356 e. The first kappa shape index (κ1) is 13.5. The Morgan fingerprint density at radius 2 is 2.42 bits per heavy atom. The van der Waals surface area contributed by atoms with Crippen molar-refractivity contribution in [3.05, 3.63) is 18.2 Å². The van der Waals surface area contributed by atoms with Gasteiger partial charge in [0, 0.05) is 25.9 Å². The molecule has 1 fully saturated rings. The Morgan fingerprint density at radius 3 is 3.05 bits per heavy atom. The van der Waals surface area contributed by atoms with Crippen LogP contribution in [0.25, 0.3) is 0 Å². The van der Waals surface area contributed by atoms with E-state index in [2.05, 4.69) is 10.3 Å². The molecule has 1 amide bonds. The van der Waals surface area contributed by atoms with Gasteiger partial charge in [0.2, 0.25) is 5.91 Å². The van der Waals surface area contributed by atoms with Gasteiger partial charge >= 0.3 is 5.97 Å². The van der Waals surface area contributed by atoms with E-state index in [9.17, 15) is 9.59 Å². The van der Waals surface area contributed by atoms with Gasteiger partial charge < -0.3 is 19.7 Å². The molecule has 0 saturated carbocycles. The molecule has 1 aromatic rings. The lowest BCUT2D eigenvalue weighted by atomic mass is 10.0. The number of nitrogens with one attached hydrogen (secondary N) is 1. The average Bonchev–Trinajstić information content (AvgIpc) is 2.89. The molecule has 1 aromatic heterocycles. The fourth-order valence-electron chi connectivity index (χ4n) is 1.99. The topological polar surface area (TPSA) is 93.5 Å². The molecule has 104 valence electrons. The molecular weight excluding hydrogens is 250 g/mol. The molecule has 1 saturated heterocycles. The van der Waals surface area contributed by atoms with Gasteiger partial charge in [0.05, 0.1) is 18.9 Å². The number of aromatic nitrogens is 2. The highest BCUT2D eigenvalue weighted by molar-refractivity contribution is 5.84. The Hall–Kier alpha value is -1.89. The molecule has 1 aliphatic heterocycles. The van der Waals surface area contributed by atoms with Gasteiger partial charge in [0.1, 0.15) is 0 Å². The molecule has 1 aliphatic rings. The summed E-state index contributed by atoms with van der Waals surface area (Å²) in [6.45, 7) is 2.17. The first-order valence-corrected chi connectivity index (χ1v) is 6.27. The molecule has 0 bridgehead atoms. The molecule has 0 aromatic carbocycles.